The molecule has 0 aromatic heterocycles. The lowest BCUT2D eigenvalue weighted by atomic mass is 9.68. The zero-order valence-electron chi connectivity index (χ0n) is 22.2. The monoisotopic (exact) mass is 533 g/mol. The van der Waals surface area contributed by atoms with E-state index in [1.54, 1.807) is 12.1 Å². The lowest BCUT2D eigenvalue weighted by molar-refractivity contribution is -0.122. The minimum absolute atomic E-state index is 0.0318. The standard InChI is InChI=1S/C32H36ClNO4/c1-3-8-20(16-21-13-14-24(35)18-27(21)33)12-15-28-29-22(9-4-2)17-25-30(26(29)19-38-28)32(37)34(31(25)36)23-10-6-5-7-11-23/h5-7,10-11,13-14,16,18,25-26,28,30,35H,3-4,8-9,12,15,17,19H2,1-2H3/b20-16+/t25-,26+,28-,30-/m1/s1. The Hall–Kier alpha value is -2.89. The zero-order chi connectivity index (χ0) is 26.8. The summed E-state index contributed by atoms with van der Waals surface area (Å²) < 4.78 is 6.40. The van der Waals surface area contributed by atoms with Gasteiger partial charge in [-0.05, 0) is 73.6 Å². The van der Waals surface area contributed by atoms with Gasteiger partial charge in [-0.15, -0.1) is 0 Å². The molecule has 0 unspecified atom stereocenters. The van der Waals surface area contributed by atoms with Crippen LogP contribution in [0.1, 0.15) is 64.4 Å². The Morgan fingerprint density at radius 3 is 2.55 bits per heavy atom. The average molecular weight is 534 g/mol. The number of phenols is 1. The number of benzene rings is 2. The Bertz CT molecular complexity index is 1270. The highest BCUT2D eigenvalue weighted by atomic mass is 35.5. The molecule has 3 aliphatic rings. The molecule has 2 amide bonds. The molecule has 38 heavy (non-hydrogen) atoms. The van der Waals surface area contributed by atoms with E-state index < -0.39 is 0 Å². The van der Waals surface area contributed by atoms with E-state index in [0.717, 1.165) is 44.1 Å². The third kappa shape index (κ3) is 5.06. The fraction of sp³-hybridized carbons (Fsp3) is 0.438. The van der Waals surface area contributed by atoms with E-state index in [4.69, 9.17) is 16.3 Å². The second-order valence-corrected chi connectivity index (χ2v) is 11.1. The van der Waals surface area contributed by atoms with Crippen molar-refractivity contribution in [2.45, 2.75) is 64.9 Å². The summed E-state index contributed by atoms with van der Waals surface area (Å²) in [7, 11) is 0. The van der Waals surface area contributed by atoms with Crippen molar-refractivity contribution in [3.63, 3.8) is 0 Å². The average Bonchev–Trinajstić information content (AvgIpc) is 3.43. The maximum Gasteiger partial charge on any atom is 0.238 e. The molecule has 200 valence electrons. The number of carbonyl (C=O) groups excluding carboxylic acids is 2. The number of allylic oxidation sites excluding steroid dienone is 2. The van der Waals surface area contributed by atoms with E-state index in [-0.39, 0.29) is 41.4 Å². The molecule has 2 aromatic rings. The van der Waals surface area contributed by atoms with Crippen LogP contribution in [0.15, 0.2) is 65.3 Å². The highest BCUT2D eigenvalue weighted by Crippen LogP contribution is 2.51. The molecule has 2 aliphatic heterocycles. The number of imide groups is 1. The van der Waals surface area contributed by atoms with Crippen molar-refractivity contribution in [1.29, 1.82) is 0 Å². The van der Waals surface area contributed by atoms with Crippen molar-refractivity contribution in [1.82, 2.24) is 0 Å². The van der Waals surface area contributed by atoms with E-state index in [0.29, 0.717) is 23.7 Å². The number of rotatable bonds is 9. The van der Waals surface area contributed by atoms with Crippen LogP contribution in [0.5, 0.6) is 5.75 Å². The third-order valence-electron chi connectivity index (χ3n) is 8.22. The van der Waals surface area contributed by atoms with Crippen LogP contribution in [0.25, 0.3) is 6.08 Å². The van der Waals surface area contributed by atoms with Crippen LogP contribution in [0, 0.1) is 17.8 Å². The van der Waals surface area contributed by atoms with Crippen LogP contribution in [0.3, 0.4) is 0 Å². The van der Waals surface area contributed by atoms with Gasteiger partial charge in [0.25, 0.3) is 0 Å². The molecular weight excluding hydrogens is 498 g/mol. The summed E-state index contributed by atoms with van der Waals surface area (Å²) in [5.74, 6) is -0.664. The van der Waals surface area contributed by atoms with Crippen LogP contribution < -0.4 is 4.90 Å². The quantitative estimate of drug-likeness (QED) is 0.270. The predicted molar refractivity (Wildman–Crippen MR) is 151 cm³/mol. The molecule has 2 saturated heterocycles. The Kier molecular flexibility index (Phi) is 8.06. The van der Waals surface area contributed by atoms with Gasteiger partial charge in [-0.1, -0.05) is 73.7 Å². The van der Waals surface area contributed by atoms with Crippen LogP contribution in [-0.2, 0) is 14.3 Å². The van der Waals surface area contributed by atoms with Crippen LogP contribution in [0.2, 0.25) is 5.02 Å². The molecule has 2 aromatic carbocycles. The first-order valence-electron chi connectivity index (χ1n) is 13.9. The van der Waals surface area contributed by atoms with Crippen molar-refractivity contribution in [3.8, 4) is 5.75 Å². The number of anilines is 1. The normalized spacial score (nSPS) is 25.2. The zero-order valence-corrected chi connectivity index (χ0v) is 22.9. The number of halogens is 1. The predicted octanol–water partition coefficient (Wildman–Crippen LogP) is 7.33. The largest absolute Gasteiger partial charge is 0.508 e. The summed E-state index contributed by atoms with van der Waals surface area (Å²) in [6.45, 7) is 4.83. The van der Waals surface area contributed by atoms with Gasteiger partial charge >= 0.3 is 0 Å². The first-order valence-corrected chi connectivity index (χ1v) is 14.2. The van der Waals surface area contributed by atoms with Crippen LogP contribution >= 0.6 is 11.6 Å². The summed E-state index contributed by atoms with van der Waals surface area (Å²) in [5.41, 5.74) is 5.46. The summed E-state index contributed by atoms with van der Waals surface area (Å²) in [6.07, 6.45) is 8.36. The van der Waals surface area contributed by atoms with E-state index >= 15 is 0 Å². The minimum atomic E-state index is -0.343. The first kappa shape index (κ1) is 26.7. The van der Waals surface area contributed by atoms with Gasteiger partial charge in [0, 0.05) is 5.92 Å². The molecule has 5 nitrogen and oxygen atoms in total. The van der Waals surface area contributed by atoms with Crippen molar-refractivity contribution < 1.29 is 19.4 Å². The number of fused-ring (bicyclic) bond motifs is 3. The van der Waals surface area contributed by atoms with Crippen LogP contribution in [0.4, 0.5) is 5.69 Å². The van der Waals surface area contributed by atoms with Crippen molar-refractivity contribution in [3.05, 3.63) is 75.8 Å². The Balaban J connectivity index is 1.39. The molecule has 1 aliphatic carbocycles. The number of aromatic hydroxyl groups is 1. The number of nitrogens with zero attached hydrogens (tertiary/aromatic N) is 1. The third-order valence-corrected chi connectivity index (χ3v) is 8.54. The van der Waals surface area contributed by atoms with Gasteiger partial charge in [-0.25, -0.2) is 0 Å². The fourth-order valence-electron chi connectivity index (χ4n) is 6.60. The number of hydrogen-bond donors (Lipinski definition) is 1. The summed E-state index contributed by atoms with van der Waals surface area (Å²) in [4.78, 5) is 28.6. The molecular formula is C32H36ClNO4. The number of phenolic OH excluding ortho intramolecular Hbond substituents is 1. The van der Waals surface area contributed by atoms with Gasteiger partial charge in [-0.2, -0.15) is 0 Å². The number of hydrogen-bond acceptors (Lipinski definition) is 4. The fourth-order valence-corrected chi connectivity index (χ4v) is 6.83. The smallest absolute Gasteiger partial charge is 0.238 e. The molecule has 0 bridgehead atoms. The molecule has 5 rings (SSSR count). The van der Waals surface area contributed by atoms with E-state index in [1.165, 1.54) is 21.6 Å². The molecule has 4 atom stereocenters. The van der Waals surface area contributed by atoms with Crippen molar-refractivity contribution >= 4 is 35.2 Å². The highest BCUT2D eigenvalue weighted by Gasteiger charge is 2.57. The summed E-state index contributed by atoms with van der Waals surface area (Å²) in [6, 6.07) is 14.4. The van der Waals surface area contributed by atoms with Gasteiger partial charge in [0.05, 0.1) is 35.3 Å². The second-order valence-electron chi connectivity index (χ2n) is 10.7. The molecule has 0 saturated carbocycles. The second kappa shape index (κ2) is 11.5. The summed E-state index contributed by atoms with van der Waals surface area (Å²) >= 11 is 6.38. The van der Waals surface area contributed by atoms with E-state index in [2.05, 4.69) is 19.9 Å². The molecule has 1 N–H and O–H groups in total. The molecule has 0 radical (unpaired) electrons. The van der Waals surface area contributed by atoms with E-state index in [9.17, 15) is 14.7 Å². The van der Waals surface area contributed by atoms with Crippen LogP contribution in [-0.4, -0.2) is 29.6 Å². The number of amides is 2. The SMILES string of the molecule is CCCC1=C2[C@@H](CC/C(=C/c3ccc(O)cc3Cl)CCC)OC[C@@H]2[C@@H]2C(=O)N(c3ccccc3)C(=O)[C@@H]2C1. The highest BCUT2D eigenvalue weighted by molar-refractivity contribution is 6.32. The number of carbonyl (C=O) groups is 2. The van der Waals surface area contributed by atoms with Crippen molar-refractivity contribution in [2.24, 2.45) is 17.8 Å². The van der Waals surface area contributed by atoms with Gasteiger partial charge in [0.1, 0.15) is 5.75 Å². The number of ether oxygens (including phenoxy) is 1. The van der Waals surface area contributed by atoms with Gasteiger partial charge in [0.2, 0.25) is 11.8 Å². The molecule has 2 heterocycles. The lowest BCUT2D eigenvalue weighted by Crippen LogP contribution is -2.34. The van der Waals surface area contributed by atoms with Gasteiger partial charge in [-0.3, -0.25) is 14.5 Å². The topological polar surface area (TPSA) is 66.8 Å². The van der Waals surface area contributed by atoms with E-state index in [1.807, 2.05) is 36.4 Å². The Morgan fingerprint density at radius 1 is 1.05 bits per heavy atom. The Labute approximate surface area is 230 Å². The maximum atomic E-state index is 13.7. The minimum Gasteiger partial charge on any atom is -0.508 e. The lowest BCUT2D eigenvalue weighted by Gasteiger charge is -2.32. The molecule has 2 fully saturated rings. The summed E-state index contributed by atoms with van der Waals surface area (Å²) in [5, 5.41) is 10.2. The Morgan fingerprint density at radius 2 is 1.84 bits per heavy atom. The molecule has 0 spiro atoms. The first-order chi connectivity index (χ1) is 18.4. The maximum absolute atomic E-state index is 13.7. The van der Waals surface area contributed by atoms with Gasteiger partial charge < -0.3 is 9.84 Å². The number of para-hydroxylation sites is 1. The van der Waals surface area contributed by atoms with Crippen molar-refractivity contribution in [2.75, 3.05) is 11.5 Å². The molecule has 6 heteroatoms. The van der Waals surface area contributed by atoms with Gasteiger partial charge in [0.15, 0.2) is 0 Å².